The largest absolute Gasteiger partial charge is 0.497 e. The summed E-state index contributed by atoms with van der Waals surface area (Å²) in [5.74, 6) is 2.05. The maximum atomic E-state index is 13.3. The van der Waals surface area contributed by atoms with Crippen molar-refractivity contribution in [2.75, 3.05) is 7.11 Å². The standard InChI is InChI=1S/C22H20FN3O2S/c1-15(16-8-10-18(23)11-9-16)29-22-25-24-21(17-5-3-6-19(13-17)27-2)26(22)14-20-7-4-12-28-20/h3-13,15H,14H2,1-2H3. The van der Waals surface area contributed by atoms with E-state index in [2.05, 4.69) is 17.1 Å². The van der Waals surface area contributed by atoms with Crippen molar-refractivity contribution in [2.24, 2.45) is 0 Å². The van der Waals surface area contributed by atoms with E-state index in [1.165, 1.54) is 12.1 Å². The summed E-state index contributed by atoms with van der Waals surface area (Å²) in [4.78, 5) is 0. The molecule has 2 aromatic heterocycles. The summed E-state index contributed by atoms with van der Waals surface area (Å²) in [6.45, 7) is 2.57. The minimum atomic E-state index is -0.243. The first-order valence-corrected chi connectivity index (χ1v) is 10.0. The highest BCUT2D eigenvalue weighted by molar-refractivity contribution is 7.99. The molecule has 0 N–H and O–H groups in total. The van der Waals surface area contributed by atoms with Gasteiger partial charge in [-0.25, -0.2) is 4.39 Å². The molecule has 1 atom stereocenters. The van der Waals surface area contributed by atoms with Crippen LogP contribution in [-0.4, -0.2) is 21.9 Å². The number of hydrogen-bond donors (Lipinski definition) is 0. The Balaban J connectivity index is 1.69. The van der Waals surface area contributed by atoms with Crippen LogP contribution in [0.15, 0.2) is 76.5 Å². The van der Waals surface area contributed by atoms with Crippen LogP contribution in [0.2, 0.25) is 0 Å². The van der Waals surface area contributed by atoms with Gasteiger partial charge in [0.05, 0.1) is 19.9 Å². The molecule has 2 heterocycles. The molecule has 0 aliphatic heterocycles. The third-order valence-electron chi connectivity index (χ3n) is 4.56. The van der Waals surface area contributed by atoms with Gasteiger partial charge in [0.15, 0.2) is 11.0 Å². The summed E-state index contributed by atoms with van der Waals surface area (Å²) in [5, 5.41) is 9.71. The topological polar surface area (TPSA) is 53.1 Å². The van der Waals surface area contributed by atoms with Gasteiger partial charge in [0, 0.05) is 10.8 Å². The quantitative estimate of drug-likeness (QED) is 0.373. The molecule has 2 aromatic carbocycles. The molecule has 0 aliphatic carbocycles. The molecule has 0 radical (unpaired) electrons. The fourth-order valence-electron chi connectivity index (χ4n) is 3.01. The highest BCUT2D eigenvalue weighted by Crippen LogP contribution is 2.36. The van der Waals surface area contributed by atoms with Crippen LogP contribution in [0.5, 0.6) is 5.75 Å². The minimum absolute atomic E-state index is 0.0771. The third kappa shape index (κ3) is 4.35. The van der Waals surface area contributed by atoms with Crippen LogP contribution in [-0.2, 0) is 6.54 Å². The molecule has 4 rings (SSSR count). The lowest BCUT2D eigenvalue weighted by Gasteiger charge is -2.13. The Bertz CT molecular complexity index is 1080. The molecule has 0 saturated heterocycles. The zero-order valence-electron chi connectivity index (χ0n) is 16.1. The molecule has 0 bridgehead atoms. The number of ether oxygens (including phenoxy) is 1. The normalized spacial score (nSPS) is 12.1. The molecule has 5 nitrogen and oxygen atoms in total. The van der Waals surface area contributed by atoms with Crippen LogP contribution in [0.25, 0.3) is 11.4 Å². The monoisotopic (exact) mass is 409 g/mol. The van der Waals surface area contributed by atoms with Crippen LogP contribution in [0.1, 0.15) is 23.5 Å². The molecule has 0 saturated carbocycles. The third-order valence-corrected chi connectivity index (χ3v) is 5.70. The van der Waals surface area contributed by atoms with Gasteiger partial charge in [0.25, 0.3) is 0 Å². The summed E-state index contributed by atoms with van der Waals surface area (Å²) < 4.78 is 26.2. The van der Waals surface area contributed by atoms with Crippen molar-refractivity contribution in [2.45, 2.75) is 23.9 Å². The van der Waals surface area contributed by atoms with Gasteiger partial charge in [-0.2, -0.15) is 0 Å². The molecular weight excluding hydrogens is 389 g/mol. The Kier molecular flexibility index (Phi) is 5.67. The van der Waals surface area contributed by atoms with Crippen LogP contribution in [0, 0.1) is 5.82 Å². The number of hydrogen-bond acceptors (Lipinski definition) is 5. The Morgan fingerprint density at radius 1 is 1.10 bits per heavy atom. The van der Waals surface area contributed by atoms with Gasteiger partial charge in [-0.1, -0.05) is 36.0 Å². The van der Waals surface area contributed by atoms with E-state index in [0.717, 1.165) is 33.6 Å². The van der Waals surface area contributed by atoms with E-state index in [9.17, 15) is 4.39 Å². The number of furan rings is 1. The summed E-state index contributed by atoms with van der Waals surface area (Å²) >= 11 is 1.57. The fourth-order valence-corrected chi connectivity index (χ4v) is 3.99. The first-order valence-electron chi connectivity index (χ1n) is 9.16. The van der Waals surface area contributed by atoms with Crippen molar-refractivity contribution in [1.29, 1.82) is 0 Å². The lowest BCUT2D eigenvalue weighted by Crippen LogP contribution is -2.04. The second-order valence-electron chi connectivity index (χ2n) is 6.52. The molecular formula is C22H20FN3O2S. The van der Waals surface area contributed by atoms with Gasteiger partial charge in [0.1, 0.15) is 17.3 Å². The smallest absolute Gasteiger partial charge is 0.192 e. The van der Waals surface area contributed by atoms with Gasteiger partial charge in [0.2, 0.25) is 0 Å². The van der Waals surface area contributed by atoms with E-state index in [4.69, 9.17) is 9.15 Å². The van der Waals surface area contributed by atoms with Gasteiger partial charge in [-0.3, -0.25) is 4.57 Å². The minimum Gasteiger partial charge on any atom is -0.497 e. The Morgan fingerprint density at radius 2 is 1.93 bits per heavy atom. The highest BCUT2D eigenvalue weighted by atomic mass is 32.2. The van der Waals surface area contributed by atoms with E-state index in [-0.39, 0.29) is 11.1 Å². The zero-order valence-corrected chi connectivity index (χ0v) is 16.9. The van der Waals surface area contributed by atoms with Crippen LogP contribution in [0.4, 0.5) is 4.39 Å². The van der Waals surface area contributed by atoms with Crippen molar-refractivity contribution in [3.63, 3.8) is 0 Å². The summed E-state index contributed by atoms with van der Waals surface area (Å²) in [6.07, 6.45) is 1.65. The lowest BCUT2D eigenvalue weighted by molar-refractivity contribution is 0.415. The van der Waals surface area contributed by atoms with E-state index in [1.807, 2.05) is 41.0 Å². The van der Waals surface area contributed by atoms with Crippen molar-refractivity contribution < 1.29 is 13.5 Å². The number of aromatic nitrogens is 3. The van der Waals surface area contributed by atoms with E-state index >= 15 is 0 Å². The predicted octanol–water partition coefficient (Wildman–Crippen LogP) is 5.59. The molecule has 7 heteroatoms. The van der Waals surface area contributed by atoms with Gasteiger partial charge >= 0.3 is 0 Å². The first kappa shape index (κ1) is 19.3. The molecule has 29 heavy (non-hydrogen) atoms. The first-order chi connectivity index (χ1) is 14.1. The summed E-state index contributed by atoms with van der Waals surface area (Å²) in [7, 11) is 1.64. The molecule has 148 valence electrons. The molecule has 0 fully saturated rings. The predicted molar refractivity (Wildman–Crippen MR) is 110 cm³/mol. The second-order valence-corrected chi connectivity index (χ2v) is 7.82. The number of halogens is 1. The molecule has 4 aromatic rings. The van der Waals surface area contributed by atoms with E-state index < -0.39 is 0 Å². The average molecular weight is 409 g/mol. The lowest BCUT2D eigenvalue weighted by atomic mass is 10.2. The molecule has 0 amide bonds. The number of thioether (sulfide) groups is 1. The highest BCUT2D eigenvalue weighted by Gasteiger charge is 2.19. The average Bonchev–Trinajstić information content (AvgIpc) is 3.39. The molecule has 0 spiro atoms. The Hall–Kier alpha value is -3.06. The van der Waals surface area contributed by atoms with Crippen molar-refractivity contribution in [3.05, 3.63) is 84.1 Å². The van der Waals surface area contributed by atoms with Crippen LogP contribution >= 0.6 is 11.8 Å². The van der Waals surface area contributed by atoms with E-state index in [1.54, 1.807) is 37.3 Å². The van der Waals surface area contributed by atoms with Gasteiger partial charge < -0.3 is 9.15 Å². The number of rotatable bonds is 7. The van der Waals surface area contributed by atoms with E-state index in [0.29, 0.717) is 6.54 Å². The van der Waals surface area contributed by atoms with Crippen LogP contribution in [0.3, 0.4) is 0 Å². The number of methoxy groups -OCH3 is 1. The Labute approximate surface area is 172 Å². The van der Waals surface area contributed by atoms with Crippen molar-refractivity contribution in [3.8, 4) is 17.1 Å². The number of benzene rings is 2. The SMILES string of the molecule is COc1cccc(-c2nnc(SC(C)c3ccc(F)cc3)n2Cc2ccco2)c1. The molecule has 1 unspecified atom stereocenters. The Morgan fingerprint density at radius 3 is 2.66 bits per heavy atom. The van der Waals surface area contributed by atoms with Crippen molar-refractivity contribution >= 4 is 11.8 Å². The number of nitrogens with zero attached hydrogens (tertiary/aromatic N) is 3. The summed E-state index contributed by atoms with van der Waals surface area (Å²) in [6, 6.07) is 18.0. The fraction of sp³-hybridized carbons (Fsp3) is 0.182. The van der Waals surface area contributed by atoms with Gasteiger partial charge in [-0.15, -0.1) is 10.2 Å². The van der Waals surface area contributed by atoms with Gasteiger partial charge in [-0.05, 0) is 48.9 Å². The zero-order chi connectivity index (χ0) is 20.2. The maximum Gasteiger partial charge on any atom is 0.192 e. The maximum absolute atomic E-state index is 13.3. The molecule has 0 aliphatic rings. The van der Waals surface area contributed by atoms with Crippen molar-refractivity contribution in [1.82, 2.24) is 14.8 Å². The van der Waals surface area contributed by atoms with Crippen LogP contribution < -0.4 is 4.74 Å². The summed E-state index contributed by atoms with van der Waals surface area (Å²) in [5.41, 5.74) is 1.93. The second kappa shape index (κ2) is 8.53.